The van der Waals surface area contributed by atoms with E-state index >= 15 is 0 Å². The molecule has 2 aliphatic rings. The van der Waals surface area contributed by atoms with E-state index in [0.29, 0.717) is 13.1 Å². The fourth-order valence-corrected chi connectivity index (χ4v) is 4.96. The minimum atomic E-state index is -4.44. The Hall–Kier alpha value is -0.798. The Balaban J connectivity index is 0.000000632. The zero-order valence-corrected chi connectivity index (χ0v) is 33.8. The van der Waals surface area contributed by atoms with Crippen LogP contribution in [0.5, 0.6) is 5.75 Å². The molecule has 0 aromatic heterocycles. The molecule has 2 aliphatic heterocycles. The van der Waals surface area contributed by atoms with Gasteiger partial charge in [0.05, 0.1) is 13.2 Å². The van der Waals surface area contributed by atoms with Crippen molar-refractivity contribution >= 4 is 25.4 Å². The first-order valence-electron chi connectivity index (χ1n) is 13.2. The van der Waals surface area contributed by atoms with E-state index in [-0.39, 0.29) is 114 Å². The number of carbonyl (C=O) groups excluding carboxylic acids is 1. The quantitative estimate of drug-likeness (QED) is 0.0671. The van der Waals surface area contributed by atoms with E-state index in [1.54, 1.807) is 6.92 Å². The van der Waals surface area contributed by atoms with Crippen LogP contribution in [-0.2, 0) is 13.9 Å². The largest absolute Gasteiger partial charge is 1.00 e. The van der Waals surface area contributed by atoms with Gasteiger partial charge < -0.3 is 42.4 Å². The van der Waals surface area contributed by atoms with E-state index in [4.69, 9.17) is 19.6 Å². The standard InChI is InChI=1S/C22H24NO7P.C7H14N2OS.CH3.Cs/c24-16-20(25)13-23-14-22(15-23)30-21-10-8-19(9-11-21)18-6-4-17(5-7-18)3-1-2-12-29-31(26,27)28;1-7(10,11-3)6-8-4-5-9(6)2;;/h4-11,22,24H,2,12-16H2,(H2,26,27,28);4-6,8,10H,1-3H3;1H3;/q;;-1;+1. The number of nitrogens with one attached hydrogen (secondary N) is 1. The van der Waals surface area contributed by atoms with Crippen molar-refractivity contribution < 1.29 is 108 Å². The Bertz CT molecular complexity index is 1310. The summed E-state index contributed by atoms with van der Waals surface area (Å²) in [6.07, 6.45) is 5.91. The second kappa shape index (κ2) is 19.8. The Kier molecular flexibility index (Phi) is 18.5. The number of likely N-dealkylation sites (N-methyl/N-ethyl adjacent to an activating group) is 1. The van der Waals surface area contributed by atoms with Gasteiger partial charge >= 0.3 is 76.7 Å². The van der Waals surface area contributed by atoms with E-state index < -0.39 is 19.4 Å². The number of hydrogen-bond donors (Lipinski definition) is 5. The Morgan fingerprint density at radius 1 is 1.14 bits per heavy atom. The predicted molar refractivity (Wildman–Crippen MR) is 169 cm³/mol. The topological polar surface area (TPSA) is 152 Å². The molecule has 2 unspecified atom stereocenters. The molecular formula is C30H41CsN3O8PS. The van der Waals surface area contributed by atoms with Gasteiger partial charge in [-0.15, -0.1) is 11.8 Å². The van der Waals surface area contributed by atoms with E-state index in [0.717, 1.165) is 22.4 Å². The van der Waals surface area contributed by atoms with Crippen molar-refractivity contribution in [2.75, 3.05) is 46.2 Å². The summed E-state index contributed by atoms with van der Waals surface area (Å²) in [6.45, 7) is 2.85. The number of hydrogen-bond acceptors (Lipinski definition) is 10. The smallest absolute Gasteiger partial charge is 0.488 e. The van der Waals surface area contributed by atoms with Crippen molar-refractivity contribution in [3.05, 3.63) is 73.9 Å². The first-order chi connectivity index (χ1) is 19.9. The molecule has 0 bridgehead atoms. The average molecular weight is 768 g/mol. The van der Waals surface area contributed by atoms with Gasteiger partial charge in [-0.3, -0.25) is 14.2 Å². The molecule has 0 spiro atoms. The Morgan fingerprint density at radius 2 is 1.73 bits per heavy atom. The second-order valence-electron chi connectivity index (χ2n) is 9.92. The Labute approximate surface area is 323 Å². The van der Waals surface area contributed by atoms with Gasteiger partial charge in [-0.25, -0.2) is 4.57 Å². The SMILES string of the molecule is CSC(C)(O)C1NC=CN1C.O=C(CO)CN1CC(Oc2ccc(-c3ccc(C#CCCOP(=O)(O)O)cc3)cc2)C1.[CH3-].[Cs+]. The van der Waals surface area contributed by atoms with Crippen LogP contribution in [-0.4, -0.2) is 98.9 Å². The number of rotatable bonds is 11. The molecular weight excluding hydrogens is 726 g/mol. The number of Topliss-reactive ketones (excluding diaryl/α,β-unsaturated/α-hetero) is 1. The number of aliphatic hydroxyl groups excluding tert-OH is 1. The predicted octanol–water partition coefficient (Wildman–Crippen LogP) is -0.327. The van der Waals surface area contributed by atoms with Crippen LogP contribution in [0.1, 0.15) is 18.9 Å². The van der Waals surface area contributed by atoms with Crippen molar-refractivity contribution in [2.45, 2.75) is 30.5 Å². The zero-order chi connectivity index (χ0) is 30.8. The molecule has 2 aromatic carbocycles. The fraction of sp³-hybridized carbons (Fsp3) is 0.400. The van der Waals surface area contributed by atoms with Crippen molar-refractivity contribution in [3.8, 4) is 28.7 Å². The van der Waals surface area contributed by atoms with E-state index in [9.17, 15) is 14.5 Å². The number of nitrogens with zero attached hydrogens (tertiary/aromatic N) is 2. The van der Waals surface area contributed by atoms with Gasteiger partial charge in [0.2, 0.25) is 0 Å². The van der Waals surface area contributed by atoms with Crippen LogP contribution >= 0.6 is 19.6 Å². The second-order valence-corrected chi connectivity index (χ2v) is 12.4. The molecule has 11 nitrogen and oxygen atoms in total. The maximum atomic E-state index is 11.2. The summed E-state index contributed by atoms with van der Waals surface area (Å²) in [5.74, 6) is 6.33. The minimum absolute atomic E-state index is 0. The summed E-state index contributed by atoms with van der Waals surface area (Å²) in [5, 5.41) is 21.7. The molecule has 1 fully saturated rings. The van der Waals surface area contributed by atoms with Gasteiger partial charge in [0, 0.05) is 44.5 Å². The number of aliphatic hydroxyl groups is 2. The third-order valence-electron chi connectivity index (χ3n) is 6.49. The van der Waals surface area contributed by atoms with Crippen LogP contribution < -0.4 is 78.9 Å². The monoisotopic (exact) mass is 767 g/mol. The number of phosphoric acid groups is 1. The first kappa shape index (κ1) is 41.2. The number of benzene rings is 2. The maximum absolute atomic E-state index is 11.2. The molecule has 14 heteroatoms. The molecule has 236 valence electrons. The van der Waals surface area contributed by atoms with Gasteiger partial charge in [0.25, 0.3) is 0 Å². The van der Waals surface area contributed by atoms with Crippen LogP contribution in [0.4, 0.5) is 0 Å². The van der Waals surface area contributed by atoms with Gasteiger partial charge in [0.1, 0.15) is 29.6 Å². The molecule has 5 N–H and O–H groups in total. The number of ether oxygens (including phenoxy) is 1. The molecule has 0 aliphatic carbocycles. The van der Waals surface area contributed by atoms with Gasteiger partial charge in [-0.1, -0.05) is 36.1 Å². The average Bonchev–Trinajstić information content (AvgIpc) is 3.39. The van der Waals surface area contributed by atoms with E-state index in [1.807, 2.05) is 84.0 Å². The van der Waals surface area contributed by atoms with Crippen LogP contribution in [0, 0.1) is 19.3 Å². The molecule has 0 radical (unpaired) electrons. The number of ketones is 1. The summed E-state index contributed by atoms with van der Waals surface area (Å²) in [5.41, 5.74) is 2.86. The third-order valence-corrected chi connectivity index (χ3v) is 8.05. The van der Waals surface area contributed by atoms with Gasteiger partial charge in [0.15, 0.2) is 5.78 Å². The zero-order valence-electron chi connectivity index (χ0n) is 25.8. The van der Waals surface area contributed by atoms with Crippen LogP contribution in [0.15, 0.2) is 60.9 Å². The normalized spacial score (nSPS) is 17.2. The number of carbonyl (C=O) groups is 1. The molecule has 4 rings (SSSR count). The molecule has 2 atom stereocenters. The summed E-state index contributed by atoms with van der Waals surface area (Å²) in [7, 11) is -2.50. The summed E-state index contributed by atoms with van der Waals surface area (Å²) >= 11 is 1.44. The minimum Gasteiger partial charge on any atom is -0.488 e. The maximum Gasteiger partial charge on any atom is 1.00 e. The van der Waals surface area contributed by atoms with Crippen molar-refractivity contribution in [3.63, 3.8) is 0 Å². The molecule has 0 amide bonds. The first-order valence-corrected chi connectivity index (χ1v) is 16.0. The van der Waals surface area contributed by atoms with Crippen LogP contribution in [0.25, 0.3) is 11.1 Å². The molecule has 2 heterocycles. The third kappa shape index (κ3) is 13.9. The number of thioether (sulfide) groups is 1. The number of phosphoric ester groups is 1. The Morgan fingerprint density at radius 3 is 2.23 bits per heavy atom. The van der Waals surface area contributed by atoms with Gasteiger partial charge in [-0.05, 0) is 48.6 Å². The van der Waals surface area contributed by atoms with Crippen molar-refractivity contribution in [1.82, 2.24) is 15.1 Å². The number of likely N-dealkylation sites (tertiary alicyclic amines) is 1. The molecule has 44 heavy (non-hydrogen) atoms. The summed E-state index contributed by atoms with van der Waals surface area (Å²) < 4.78 is 20.8. The van der Waals surface area contributed by atoms with Gasteiger partial charge in [-0.2, -0.15) is 0 Å². The summed E-state index contributed by atoms with van der Waals surface area (Å²) in [6, 6.07) is 15.4. The van der Waals surface area contributed by atoms with Crippen LogP contribution in [0.3, 0.4) is 0 Å². The fourth-order valence-electron chi connectivity index (χ4n) is 4.17. The van der Waals surface area contributed by atoms with Crippen molar-refractivity contribution in [1.29, 1.82) is 0 Å². The summed E-state index contributed by atoms with van der Waals surface area (Å²) in [4.78, 5) is 31.6. The van der Waals surface area contributed by atoms with Crippen LogP contribution in [0.2, 0.25) is 0 Å². The molecule has 2 aromatic rings. The van der Waals surface area contributed by atoms with E-state index in [2.05, 4.69) is 21.7 Å². The molecule has 1 saturated heterocycles. The van der Waals surface area contributed by atoms with E-state index in [1.165, 1.54) is 11.8 Å². The van der Waals surface area contributed by atoms with Crippen molar-refractivity contribution in [2.24, 2.45) is 0 Å². The molecule has 0 saturated carbocycles.